The molecule has 2 aromatic rings. The number of ether oxygens (including phenoxy) is 2. The van der Waals surface area contributed by atoms with Gasteiger partial charge in [0.05, 0.1) is 20.3 Å². The molecule has 0 atom stereocenters. The highest BCUT2D eigenvalue weighted by molar-refractivity contribution is 14.0. The van der Waals surface area contributed by atoms with Crippen molar-refractivity contribution in [2.24, 2.45) is 4.99 Å². The van der Waals surface area contributed by atoms with Crippen LogP contribution in [0.15, 0.2) is 47.6 Å². The number of benzene rings is 1. The fourth-order valence-corrected chi connectivity index (χ4v) is 4.12. The second-order valence-corrected chi connectivity index (χ2v) is 7.66. The Bertz CT molecular complexity index is 882. The van der Waals surface area contributed by atoms with Crippen LogP contribution in [-0.2, 0) is 11.3 Å². The van der Waals surface area contributed by atoms with Gasteiger partial charge in [0.25, 0.3) is 0 Å². The van der Waals surface area contributed by atoms with Gasteiger partial charge in [-0.15, -0.1) is 24.0 Å². The molecule has 3 heterocycles. The first-order chi connectivity index (χ1) is 15.3. The van der Waals surface area contributed by atoms with Crippen molar-refractivity contribution in [3.63, 3.8) is 0 Å². The summed E-state index contributed by atoms with van der Waals surface area (Å²) in [5.74, 6) is 2.86. The average Bonchev–Trinajstić information content (AvgIpc) is 2.85. The van der Waals surface area contributed by atoms with E-state index in [0.717, 1.165) is 70.0 Å². The van der Waals surface area contributed by atoms with Crippen molar-refractivity contribution in [2.75, 3.05) is 76.4 Å². The first kappa shape index (κ1) is 24.4. The van der Waals surface area contributed by atoms with Crippen molar-refractivity contribution in [1.29, 1.82) is 0 Å². The van der Waals surface area contributed by atoms with Crippen molar-refractivity contribution in [3.8, 4) is 5.75 Å². The van der Waals surface area contributed by atoms with Gasteiger partial charge in [0.15, 0.2) is 5.96 Å². The first-order valence-electron chi connectivity index (χ1n) is 10.9. The number of anilines is 2. The summed E-state index contributed by atoms with van der Waals surface area (Å²) >= 11 is 0. The summed E-state index contributed by atoms with van der Waals surface area (Å²) in [5, 5.41) is 3.55. The molecule has 0 saturated carbocycles. The van der Waals surface area contributed by atoms with E-state index in [-0.39, 0.29) is 24.0 Å². The zero-order valence-electron chi connectivity index (χ0n) is 18.9. The molecule has 1 aromatic heterocycles. The van der Waals surface area contributed by atoms with Gasteiger partial charge >= 0.3 is 0 Å². The van der Waals surface area contributed by atoms with E-state index in [4.69, 9.17) is 9.47 Å². The standard InChI is InChI=1S/C23H32N6O2.HI/c1-24-23(26-18-19-5-4-8-25-22(19)28-13-15-31-16-14-28)29-11-9-27(10-12-29)20-6-3-7-21(17-20)30-2;/h3-8,17H,9-16,18H2,1-2H3,(H,24,26);1H. The molecule has 2 aliphatic heterocycles. The van der Waals surface area contributed by atoms with E-state index in [9.17, 15) is 0 Å². The van der Waals surface area contributed by atoms with Crippen LogP contribution >= 0.6 is 24.0 Å². The van der Waals surface area contributed by atoms with Crippen LogP contribution in [0.1, 0.15) is 5.56 Å². The highest BCUT2D eigenvalue weighted by Crippen LogP contribution is 2.22. The van der Waals surface area contributed by atoms with Crippen molar-refractivity contribution in [2.45, 2.75) is 6.54 Å². The van der Waals surface area contributed by atoms with Crippen LogP contribution in [0.2, 0.25) is 0 Å². The van der Waals surface area contributed by atoms with Crippen molar-refractivity contribution >= 4 is 41.4 Å². The molecule has 32 heavy (non-hydrogen) atoms. The molecule has 1 aromatic carbocycles. The number of nitrogens with zero attached hydrogens (tertiary/aromatic N) is 5. The maximum Gasteiger partial charge on any atom is 0.194 e. The minimum Gasteiger partial charge on any atom is -0.497 e. The Kier molecular flexibility index (Phi) is 9.22. The van der Waals surface area contributed by atoms with Gasteiger partial charge in [-0.1, -0.05) is 12.1 Å². The molecule has 4 rings (SSSR count). The predicted octanol–water partition coefficient (Wildman–Crippen LogP) is 2.44. The van der Waals surface area contributed by atoms with Crippen LogP contribution in [-0.4, -0.2) is 82.5 Å². The van der Waals surface area contributed by atoms with Crippen LogP contribution in [0.25, 0.3) is 0 Å². The quantitative estimate of drug-likeness (QED) is 0.348. The van der Waals surface area contributed by atoms with Crippen LogP contribution in [0.4, 0.5) is 11.5 Å². The highest BCUT2D eigenvalue weighted by Gasteiger charge is 2.21. The normalized spacial score (nSPS) is 17.1. The lowest BCUT2D eigenvalue weighted by Crippen LogP contribution is -2.52. The Labute approximate surface area is 207 Å². The smallest absolute Gasteiger partial charge is 0.194 e. The van der Waals surface area contributed by atoms with Gasteiger partial charge < -0.3 is 29.5 Å². The molecule has 8 nitrogen and oxygen atoms in total. The van der Waals surface area contributed by atoms with E-state index >= 15 is 0 Å². The molecule has 0 aliphatic carbocycles. The molecule has 0 bridgehead atoms. The number of methoxy groups -OCH3 is 1. The molecule has 174 valence electrons. The lowest BCUT2D eigenvalue weighted by atomic mass is 10.2. The molecular weight excluding hydrogens is 519 g/mol. The minimum atomic E-state index is 0. The molecule has 0 unspecified atom stereocenters. The number of pyridine rings is 1. The summed E-state index contributed by atoms with van der Waals surface area (Å²) in [6.45, 7) is 7.69. The number of guanidine groups is 1. The number of hydrogen-bond acceptors (Lipinski definition) is 6. The molecule has 2 fully saturated rings. The number of rotatable bonds is 5. The lowest BCUT2D eigenvalue weighted by molar-refractivity contribution is 0.122. The lowest BCUT2D eigenvalue weighted by Gasteiger charge is -2.38. The van der Waals surface area contributed by atoms with E-state index in [1.54, 1.807) is 7.11 Å². The molecule has 0 spiro atoms. The highest BCUT2D eigenvalue weighted by atomic mass is 127. The number of piperazine rings is 1. The van der Waals surface area contributed by atoms with Crippen LogP contribution < -0.4 is 19.9 Å². The Morgan fingerprint density at radius 3 is 2.56 bits per heavy atom. The summed E-state index contributed by atoms with van der Waals surface area (Å²) in [7, 11) is 3.56. The van der Waals surface area contributed by atoms with Gasteiger partial charge in [0.1, 0.15) is 11.6 Å². The molecule has 2 aliphatic rings. The Balaban J connectivity index is 0.00000289. The number of nitrogens with one attached hydrogen (secondary N) is 1. The fourth-order valence-electron chi connectivity index (χ4n) is 4.12. The molecule has 1 N–H and O–H groups in total. The third kappa shape index (κ3) is 5.94. The summed E-state index contributed by atoms with van der Waals surface area (Å²) in [5.41, 5.74) is 2.38. The summed E-state index contributed by atoms with van der Waals surface area (Å²) < 4.78 is 10.9. The number of hydrogen-bond donors (Lipinski definition) is 1. The van der Waals surface area contributed by atoms with Gasteiger partial charge in [-0.05, 0) is 18.2 Å². The zero-order chi connectivity index (χ0) is 21.5. The average molecular weight is 552 g/mol. The summed E-state index contributed by atoms with van der Waals surface area (Å²) in [6.07, 6.45) is 1.86. The second-order valence-electron chi connectivity index (χ2n) is 7.66. The van der Waals surface area contributed by atoms with E-state index < -0.39 is 0 Å². The first-order valence-corrected chi connectivity index (χ1v) is 10.9. The summed E-state index contributed by atoms with van der Waals surface area (Å²) in [4.78, 5) is 16.2. The molecule has 0 radical (unpaired) electrons. The van der Waals surface area contributed by atoms with Crippen LogP contribution in [0, 0.1) is 0 Å². The molecule has 9 heteroatoms. The second kappa shape index (κ2) is 12.1. The largest absolute Gasteiger partial charge is 0.497 e. The number of morpholine rings is 1. The van der Waals surface area contributed by atoms with Gasteiger partial charge in [0.2, 0.25) is 0 Å². The number of halogens is 1. The SMILES string of the molecule is CN=C(NCc1cccnc1N1CCOCC1)N1CCN(c2cccc(OC)c2)CC1.I. The van der Waals surface area contributed by atoms with E-state index in [0.29, 0.717) is 6.54 Å². The van der Waals surface area contributed by atoms with Crippen molar-refractivity contribution in [3.05, 3.63) is 48.2 Å². The Morgan fingerprint density at radius 2 is 1.84 bits per heavy atom. The van der Waals surface area contributed by atoms with Gasteiger partial charge in [-0.25, -0.2) is 4.98 Å². The fraction of sp³-hybridized carbons (Fsp3) is 0.478. The van der Waals surface area contributed by atoms with Crippen LogP contribution in [0.5, 0.6) is 5.75 Å². The van der Waals surface area contributed by atoms with E-state index in [2.05, 4.69) is 48.2 Å². The Morgan fingerprint density at radius 1 is 1.06 bits per heavy atom. The summed E-state index contributed by atoms with van der Waals surface area (Å²) in [6, 6.07) is 12.4. The van der Waals surface area contributed by atoms with E-state index in [1.165, 1.54) is 11.3 Å². The Hall–Kier alpha value is -2.27. The number of aromatic nitrogens is 1. The molecular formula is C23H33IN6O2. The van der Waals surface area contributed by atoms with Gasteiger partial charge in [0, 0.05) is 76.4 Å². The zero-order valence-corrected chi connectivity index (χ0v) is 21.2. The topological polar surface area (TPSA) is 65.5 Å². The van der Waals surface area contributed by atoms with Gasteiger partial charge in [-0.2, -0.15) is 0 Å². The maximum absolute atomic E-state index is 5.49. The third-order valence-corrected chi connectivity index (χ3v) is 5.82. The monoisotopic (exact) mass is 552 g/mol. The third-order valence-electron chi connectivity index (χ3n) is 5.82. The predicted molar refractivity (Wildman–Crippen MR) is 140 cm³/mol. The minimum absolute atomic E-state index is 0. The molecule has 0 amide bonds. The van der Waals surface area contributed by atoms with Crippen molar-refractivity contribution in [1.82, 2.24) is 15.2 Å². The maximum atomic E-state index is 5.49. The van der Waals surface area contributed by atoms with Crippen molar-refractivity contribution < 1.29 is 9.47 Å². The number of aliphatic imine (C=N–C) groups is 1. The molecule has 2 saturated heterocycles. The van der Waals surface area contributed by atoms with Gasteiger partial charge in [-0.3, -0.25) is 4.99 Å². The van der Waals surface area contributed by atoms with E-state index in [1.807, 2.05) is 31.4 Å². The van der Waals surface area contributed by atoms with Crippen LogP contribution in [0.3, 0.4) is 0 Å².